The summed E-state index contributed by atoms with van der Waals surface area (Å²) >= 11 is 0. The zero-order valence-corrected chi connectivity index (χ0v) is 6.90. The summed E-state index contributed by atoms with van der Waals surface area (Å²) in [6.45, 7) is 1.89. The standard InChI is InChI=1S/C10H10NO/c1-8-6-9-4-2-3-5-10(9)7-11(8)12/h2-8H,1H3/q+1. The van der Waals surface area contributed by atoms with Crippen LogP contribution in [-0.2, 0) is 0 Å². The molecule has 0 fully saturated rings. The van der Waals surface area contributed by atoms with Gasteiger partial charge in [0.15, 0.2) is 0 Å². The van der Waals surface area contributed by atoms with Crippen LogP contribution in [0.5, 0.6) is 0 Å². The van der Waals surface area contributed by atoms with Crippen LogP contribution in [0.3, 0.4) is 0 Å². The molecular weight excluding hydrogens is 150 g/mol. The van der Waals surface area contributed by atoms with Crippen molar-refractivity contribution in [2.45, 2.75) is 13.0 Å². The molecule has 0 bridgehead atoms. The van der Waals surface area contributed by atoms with Gasteiger partial charge in [0.1, 0.15) is 0 Å². The molecule has 0 N–H and O–H groups in total. The Kier molecular flexibility index (Phi) is 1.54. The van der Waals surface area contributed by atoms with Gasteiger partial charge in [0, 0.05) is 16.6 Å². The predicted octanol–water partition coefficient (Wildman–Crippen LogP) is 0.386. The van der Waals surface area contributed by atoms with E-state index in [4.69, 9.17) is 0 Å². The van der Waals surface area contributed by atoms with Crippen LogP contribution in [0, 0.1) is 4.91 Å². The largest absolute Gasteiger partial charge is 0.229 e. The second kappa shape index (κ2) is 2.55. The Hall–Kier alpha value is -1.44. The first-order valence-electron chi connectivity index (χ1n) is 4.01. The average Bonchev–Trinajstić information content (AvgIpc) is 2.07. The summed E-state index contributed by atoms with van der Waals surface area (Å²) in [5, 5.41) is 2.16. The molecule has 0 aromatic heterocycles. The normalized spacial score (nSPS) is 20.8. The minimum Gasteiger partial charge on any atom is -0.0616 e. The number of hydrogen-bond donors (Lipinski definition) is 0. The van der Waals surface area contributed by atoms with Crippen LogP contribution >= 0.6 is 0 Å². The Bertz CT molecular complexity index is 433. The van der Waals surface area contributed by atoms with Crippen molar-refractivity contribution < 1.29 is 4.76 Å². The summed E-state index contributed by atoms with van der Waals surface area (Å²) in [6.07, 6.45) is 3.61. The Balaban J connectivity index is 2.79. The fraction of sp³-hybridized carbons (Fsp3) is 0.200. The van der Waals surface area contributed by atoms with Crippen LogP contribution in [0.2, 0.25) is 0 Å². The molecule has 0 amide bonds. The third-order valence-corrected chi connectivity index (χ3v) is 2.08. The SMILES string of the molecule is CC1C=c2ccccc2=C[N+]1=O. The molecule has 12 heavy (non-hydrogen) atoms. The van der Waals surface area contributed by atoms with Gasteiger partial charge >= 0.3 is 0 Å². The molecule has 0 saturated carbocycles. The van der Waals surface area contributed by atoms with Crippen molar-refractivity contribution in [3.8, 4) is 0 Å². The van der Waals surface area contributed by atoms with Crippen LogP contribution < -0.4 is 10.4 Å². The number of hydrogen-bond acceptors (Lipinski definition) is 1. The molecule has 0 spiro atoms. The monoisotopic (exact) mass is 160 g/mol. The van der Waals surface area contributed by atoms with Gasteiger partial charge < -0.3 is 0 Å². The summed E-state index contributed by atoms with van der Waals surface area (Å²) in [5.74, 6) is 0. The van der Waals surface area contributed by atoms with Crippen LogP contribution in [0.1, 0.15) is 6.92 Å². The Morgan fingerprint density at radius 3 is 2.67 bits per heavy atom. The molecule has 1 aliphatic heterocycles. The fourth-order valence-electron chi connectivity index (χ4n) is 1.37. The van der Waals surface area contributed by atoms with Gasteiger partial charge in [0.05, 0.1) is 5.22 Å². The quantitative estimate of drug-likeness (QED) is 0.502. The highest BCUT2D eigenvalue weighted by Crippen LogP contribution is 1.94. The summed E-state index contributed by atoms with van der Waals surface area (Å²) in [4.78, 5) is 11.2. The molecule has 1 aliphatic rings. The molecule has 2 nitrogen and oxygen atoms in total. The van der Waals surface area contributed by atoms with Crippen LogP contribution in [0.4, 0.5) is 0 Å². The summed E-state index contributed by atoms with van der Waals surface area (Å²) in [6, 6.07) is 7.85. The van der Waals surface area contributed by atoms with Crippen LogP contribution in [0.25, 0.3) is 12.3 Å². The predicted molar refractivity (Wildman–Crippen MR) is 47.7 cm³/mol. The van der Waals surface area contributed by atoms with E-state index in [9.17, 15) is 4.91 Å². The first-order valence-corrected chi connectivity index (χ1v) is 4.01. The van der Waals surface area contributed by atoms with Gasteiger partial charge in [0.2, 0.25) is 12.2 Å². The molecular formula is C10H10NO+. The van der Waals surface area contributed by atoms with Gasteiger partial charge in [-0.1, -0.05) is 18.2 Å². The maximum atomic E-state index is 11.2. The third-order valence-electron chi connectivity index (χ3n) is 2.08. The number of nitrogens with zero attached hydrogens (tertiary/aromatic N) is 1. The molecule has 1 unspecified atom stereocenters. The van der Waals surface area contributed by atoms with Gasteiger partial charge in [-0.05, 0) is 17.4 Å². The first-order chi connectivity index (χ1) is 5.77. The van der Waals surface area contributed by atoms with Crippen LogP contribution in [-0.4, -0.2) is 10.8 Å². The molecule has 60 valence electrons. The highest BCUT2D eigenvalue weighted by molar-refractivity contribution is 5.34. The van der Waals surface area contributed by atoms with Gasteiger partial charge in [-0.15, -0.1) is 0 Å². The minimum absolute atomic E-state index is 0.0418. The van der Waals surface area contributed by atoms with E-state index >= 15 is 0 Å². The Labute approximate surface area is 70.4 Å². The molecule has 1 atom stereocenters. The van der Waals surface area contributed by atoms with Crippen molar-refractivity contribution in [1.82, 2.24) is 0 Å². The lowest BCUT2D eigenvalue weighted by molar-refractivity contribution is -0.466. The zero-order chi connectivity index (χ0) is 8.55. The van der Waals surface area contributed by atoms with Gasteiger partial charge in [0.25, 0.3) is 0 Å². The van der Waals surface area contributed by atoms with Gasteiger partial charge in [-0.2, -0.15) is 0 Å². The molecule has 2 heteroatoms. The topological polar surface area (TPSA) is 20.1 Å². The molecule has 2 rings (SSSR count). The molecule has 0 saturated heterocycles. The van der Waals surface area contributed by atoms with Crippen molar-refractivity contribution in [2.75, 3.05) is 0 Å². The van der Waals surface area contributed by atoms with Gasteiger partial charge in [-0.3, -0.25) is 0 Å². The van der Waals surface area contributed by atoms with E-state index in [2.05, 4.69) is 0 Å². The van der Waals surface area contributed by atoms with E-state index in [0.717, 1.165) is 15.2 Å². The van der Waals surface area contributed by atoms with Crippen molar-refractivity contribution in [3.05, 3.63) is 39.6 Å². The lowest BCUT2D eigenvalue weighted by Crippen LogP contribution is -2.34. The maximum Gasteiger partial charge on any atom is 0.229 e. The average molecular weight is 160 g/mol. The van der Waals surface area contributed by atoms with Crippen molar-refractivity contribution in [3.63, 3.8) is 0 Å². The van der Waals surface area contributed by atoms with E-state index in [1.165, 1.54) is 0 Å². The molecule has 1 aromatic rings. The van der Waals surface area contributed by atoms with E-state index in [-0.39, 0.29) is 6.04 Å². The summed E-state index contributed by atoms with van der Waals surface area (Å²) in [7, 11) is 0. The van der Waals surface area contributed by atoms with E-state index in [0.29, 0.717) is 0 Å². The number of rotatable bonds is 0. The number of nitroso groups, excluding NO2 is 1. The van der Waals surface area contributed by atoms with Crippen molar-refractivity contribution >= 4 is 12.3 Å². The van der Waals surface area contributed by atoms with E-state index in [1.54, 1.807) is 6.20 Å². The summed E-state index contributed by atoms with van der Waals surface area (Å²) in [5.41, 5.74) is 0. The Morgan fingerprint density at radius 1 is 1.25 bits per heavy atom. The molecule has 0 radical (unpaired) electrons. The van der Waals surface area contributed by atoms with Crippen molar-refractivity contribution in [1.29, 1.82) is 0 Å². The lowest BCUT2D eigenvalue weighted by Gasteiger charge is -1.98. The number of fused-ring (bicyclic) bond motifs is 1. The van der Waals surface area contributed by atoms with E-state index < -0.39 is 0 Å². The molecule has 0 aliphatic carbocycles. The highest BCUT2D eigenvalue weighted by atomic mass is 16.3. The van der Waals surface area contributed by atoms with E-state index in [1.807, 2.05) is 37.3 Å². The fourth-order valence-corrected chi connectivity index (χ4v) is 1.37. The van der Waals surface area contributed by atoms with Gasteiger partial charge in [-0.25, -0.2) is 0 Å². The lowest BCUT2D eigenvalue weighted by atomic mass is 10.1. The minimum atomic E-state index is -0.0418. The first kappa shape index (κ1) is 7.22. The van der Waals surface area contributed by atoms with Crippen LogP contribution in [0.15, 0.2) is 24.3 Å². The summed E-state index contributed by atoms with van der Waals surface area (Å²) < 4.78 is 0.975. The zero-order valence-electron chi connectivity index (χ0n) is 6.90. The third kappa shape index (κ3) is 1.05. The Morgan fingerprint density at radius 2 is 1.92 bits per heavy atom. The highest BCUT2D eigenvalue weighted by Gasteiger charge is 2.16. The smallest absolute Gasteiger partial charge is 0.0616 e. The second-order valence-corrected chi connectivity index (χ2v) is 3.03. The second-order valence-electron chi connectivity index (χ2n) is 3.03. The maximum absolute atomic E-state index is 11.2. The number of benzene rings is 1. The van der Waals surface area contributed by atoms with Crippen molar-refractivity contribution in [2.24, 2.45) is 0 Å². The molecule has 1 heterocycles. The molecule has 1 aromatic carbocycles.